The first-order valence-electron chi connectivity index (χ1n) is 6.33. The van der Waals surface area contributed by atoms with Gasteiger partial charge in [0.2, 0.25) is 0 Å². The van der Waals surface area contributed by atoms with Crippen LogP contribution in [0.15, 0.2) is 6.07 Å². The number of methoxy groups -OCH3 is 1. The van der Waals surface area contributed by atoms with Gasteiger partial charge in [0, 0.05) is 26.7 Å². The molecule has 0 aromatic carbocycles. The van der Waals surface area contributed by atoms with E-state index in [4.69, 9.17) is 10.00 Å². The maximum Gasteiger partial charge on any atom is 0.272 e. The van der Waals surface area contributed by atoms with Gasteiger partial charge in [-0.3, -0.25) is 9.48 Å². The van der Waals surface area contributed by atoms with Crippen molar-refractivity contribution in [1.29, 1.82) is 5.26 Å². The SMILES string of the molecule is CCn1nc(C)cc1C(=O)N(CCC#N)CCOC. The van der Waals surface area contributed by atoms with Crippen LogP contribution in [0.5, 0.6) is 0 Å². The molecule has 0 saturated carbocycles. The molecule has 19 heavy (non-hydrogen) atoms. The number of rotatable bonds is 7. The Morgan fingerprint density at radius 1 is 1.58 bits per heavy atom. The number of amides is 1. The summed E-state index contributed by atoms with van der Waals surface area (Å²) in [4.78, 5) is 14.1. The van der Waals surface area contributed by atoms with E-state index < -0.39 is 0 Å². The molecule has 0 aliphatic rings. The number of ether oxygens (including phenoxy) is 1. The molecule has 1 aromatic heterocycles. The molecule has 6 nitrogen and oxygen atoms in total. The summed E-state index contributed by atoms with van der Waals surface area (Å²) in [6, 6.07) is 3.83. The molecular weight excluding hydrogens is 244 g/mol. The number of hydrogen-bond donors (Lipinski definition) is 0. The van der Waals surface area contributed by atoms with Crippen LogP contribution in [0.3, 0.4) is 0 Å². The average Bonchev–Trinajstić information content (AvgIpc) is 2.79. The third kappa shape index (κ3) is 4.07. The molecule has 1 aromatic rings. The molecule has 1 rings (SSSR count). The van der Waals surface area contributed by atoms with Crippen molar-refractivity contribution in [1.82, 2.24) is 14.7 Å². The number of carbonyl (C=O) groups excluding carboxylic acids is 1. The fraction of sp³-hybridized carbons (Fsp3) is 0.615. The minimum atomic E-state index is -0.102. The highest BCUT2D eigenvalue weighted by Gasteiger charge is 2.19. The summed E-state index contributed by atoms with van der Waals surface area (Å²) < 4.78 is 6.69. The topological polar surface area (TPSA) is 71.2 Å². The predicted octanol–water partition coefficient (Wildman–Crippen LogP) is 1.21. The number of carbonyl (C=O) groups is 1. The first-order valence-corrected chi connectivity index (χ1v) is 6.33. The van der Waals surface area contributed by atoms with Gasteiger partial charge >= 0.3 is 0 Å². The van der Waals surface area contributed by atoms with Crippen molar-refractivity contribution in [2.75, 3.05) is 26.8 Å². The molecule has 0 fully saturated rings. The molecule has 0 aliphatic carbocycles. The smallest absolute Gasteiger partial charge is 0.272 e. The Balaban J connectivity index is 2.87. The standard InChI is InChI=1S/C13H20N4O2/c1-4-17-12(10-11(2)15-17)13(18)16(7-5-6-14)8-9-19-3/h10H,4-5,7-9H2,1-3H3. The molecule has 0 aliphatic heterocycles. The summed E-state index contributed by atoms with van der Waals surface area (Å²) >= 11 is 0. The summed E-state index contributed by atoms with van der Waals surface area (Å²) in [7, 11) is 1.59. The summed E-state index contributed by atoms with van der Waals surface area (Å²) in [5.74, 6) is -0.102. The summed E-state index contributed by atoms with van der Waals surface area (Å²) in [6.07, 6.45) is 0.314. The molecule has 0 bridgehead atoms. The molecular formula is C13H20N4O2. The maximum atomic E-state index is 12.4. The van der Waals surface area contributed by atoms with Crippen LogP contribution in [0.4, 0.5) is 0 Å². The molecule has 6 heteroatoms. The van der Waals surface area contributed by atoms with Crippen LogP contribution in [0.25, 0.3) is 0 Å². The summed E-state index contributed by atoms with van der Waals surface area (Å²) in [5, 5.41) is 12.9. The lowest BCUT2D eigenvalue weighted by atomic mass is 10.3. The van der Waals surface area contributed by atoms with Crippen LogP contribution in [0, 0.1) is 18.3 Å². The first-order chi connectivity index (χ1) is 9.13. The largest absolute Gasteiger partial charge is 0.383 e. The van der Waals surface area contributed by atoms with Crippen molar-refractivity contribution < 1.29 is 9.53 Å². The summed E-state index contributed by atoms with van der Waals surface area (Å²) in [6.45, 7) is 5.79. The van der Waals surface area contributed by atoms with Gasteiger partial charge < -0.3 is 9.64 Å². The molecule has 0 unspecified atom stereocenters. The van der Waals surface area contributed by atoms with Gasteiger partial charge in [0.05, 0.1) is 24.8 Å². The minimum Gasteiger partial charge on any atom is -0.383 e. The van der Waals surface area contributed by atoms with Crippen molar-refractivity contribution in [2.45, 2.75) is 26.8 Å². The van der Waals surface area contributed by atoms with Crippen LogP contribution in [0.2, 0.25) is 0 Å². The number of nitrogens with zero attached hydrogens (tertiary/aromatic N) is 4. The highest BCUT2D eigenvalue weighted by molar-refractivity contribution is 5.92. The van der Waals surface area contributed by atoms with Gasteiger partial charge in [-0.15, -0.1) is 0 Å². The zero-order valence-electron chi connectivity index (χ0n) is 11.7. The monoisotopic (exact) mass is 264 g/mol. The molecule has 0 atom stereocenters. The molecule has 0 spiro atoms. The molecule has 0 saturated heterocycles. The van der Waals surface area contributed by atoms with Gasteiger partial charge in [-0.25, -0.2) is 0 Å². The Morgan fingerprint density at radius 2 is 2.32 bits per heavy atom. The van der Waals surface area contributed by atoms with E-state index in [0.717, 1.165) is 5.69 Å². The second-order valence-electron chi connectivity index (χ2n) is 4.18. The van der Waals surface area contributed by atoms with E-state index in [-0.39, 0.29) is 5.91 Å². The van der Waals surface area contributed by atoms with Gasteiger partial charge in [0.25, 0.3) is 5.91 Å². The van der Waals surface area contributed by atoms with E-state index in [0.29, 0.717) is 38.4 Å². The zero-order valence-corrected chi connectivity index (χ0v) is 11.7. The first kappa shape index (κ1) is 15.2. The summed E-state index contributed by atoms with van der Waals surface area (Å²) in [5.41, 5.74) is 1.38. The van der Waals surface area contributed by atoms with E-state index in [2.05, 4.69) is 11.2 Å². The third-order valence-electron chi connectivity index (χ3n) is 2.77. The van der Waals surface area contributed by atoms with Crippen molar-refractivity contribution in [2.24, 2.45) is 0 Å². The molecule has 0 radical (unpaired) electrons. The second-order valence-corrected chi connectivity index (χ2v) is 4.18. The Labute approximate surface area is 113 Å². The fourth-order valence-electron chi connectivity index (χ4n) is 1.82. The lowest BCUT2D eigenvalue weighted by Gasteiger charge is -2.21. The van der Waals surface area contributed by atoms with Gasteiger partial charge in [0.15, 0.2) is 0 Å². The van der Waals surface area contributed by atoms with Gasteiger partial charge in [-0.1, -0.05) is 0 Å². The van der Waals surface area contributed by atoms with Crippen LogP contribution in [0.1, 0.15) is 29.5 Å². The quantitative estimate of drug-likeness (QED) is 0.742. The molecule has 1 heterocycles. The third-order valence-corrected chi connectivity index (χ3v) is 2.77. The number of aryl methyl sites for hydroxylation is 2. The minimum absolute atomic E-state index is 0.102. The van der Waals surface area contributed by atoms with Crippen molar-refractivity contribution in [3.63, 3.8) is 0 Å². The average molecular weight is 264 g/mol. The Hall–Kier alpha value is -1.87. The van der Waals surface area contributed by atoms with Gasteiger partial charge in [0.1, 0.15) is 5.69 Å². The highest BCUT2D eigenvalue weighted by Crippen LogP contribution is 2.08. The van der Waals surface area contributed by atoms with Crippen LogP contribution < -0.4 is 0 Å². The highest BCUT2D eigenvalue weighted by atomic mass is 16.5. The Bertz CT molecular complexity index is 462. The van der Waals surface area contributed by atoms with Crippen LogP contribution >= 0.6 is 0 Å². The normalized spacial score (nSPS) is 10.2. The molecule has 104 valence electrons. The van der Waals surface area contributed by atoms with Gasteiger partial charge in [-0.2, -0.15) is 10.4 Å². The number of nitriles is 1. The Kier molecular flexibility index (Phi) is 6.03. The van der Waals surface area contributed by atoms with E-state index in [1.165, 1.54) is 0 Å². The van der Waals surface area contributed by atoms with Gasteiger partial charge in [-0.05, 0) is 19.9 Å². The van der Waals surface area contributed by atoms with Crippen molar-refractivity contribution in [3.05, 3.63) is 17.5 Å². The maximum absolute atomic E-state index is 12.4. The lowest BCUT2D eigenvalue weighted by Crippen LogP contribution is -2.36. The lowest BCUT2D eigenvalue weighted by molar-refractivity contribution is 0.0688. The van der Waals surface area contributed by atoms with Crippen LogP contribution in [-0.2, 0) is 11.3 Å². The number of hydrogen-bond acceptors (Lipinski definition) is 4. The zero-order chi connectivity index (χ0) is 14.3. The van der Waals surface area contributed by atoms with Crippen LogP contribution in [-0.4, -0.2) is 47.4 Å². The van der Waals surface area contributed by atoms with E-state index in [1.54, 1.807) is 22.8 Å². The fourth-order valence-corrected chi connectivity index (χ4v) is 1.82. The van der Waals surface area contributed by atoms with E-state index in [1.807, 2.05) is 13.8 Å². The predicted molar refractivity (Wildman–Crippen MR) is 70.6 cm³/mol. The van der Waals surface area contributed by atoms with Crippen molar-refractivity contribution in [3.8, 4) is 6.07 Å². The van der Waals surface area contributed by atoms with E-state index in [9.17, 15) is 4.79 Å². The molecule has 0 N–H and O–H groups in total. The van der Waals surface area contributed by atoms with Crippen molar-refractivity contribution >= 4 is 5.91 Å². The molecule has 1 amide bonds. The van der Waals surface area contributed by atoms with E-state index >= 15 is 0 Å². The second kappa shape index (κ2) is 7.54. The number of aromatic nitrogens is 2. The Morgan fingerprint density at radius 3 is 2.89 bits per heavy atom.